The average molecular weight is 1210 g/mol. The molecule has 0 radical (unpaired) electrons. The molecule has 4 aromatic carbocycles. The summed E-state index contributed by atoms with van der Waals surface area (Å²) in [4.78, 5) is 55.1. The number of furan rings is 1. The number of likely N-dealkylation sites (N-methyl/N-ethyl adjacent to an activating group) is 1. The van der Waals surface area contributed by atoms with E-state index in [1.807, 2.05) is 96.9 Å². The minimum absolute atomic E-state index is 0. The Morgan fingerprint density at radius 2 is 1.13 bits per heavy atom. The van der Waals surface area contributed by atoms with E-state index in [0.717, 1.165) is 105 Å². The van der Waals surface area contributed by atoms with Crippen LogP contribution in [0.5, 0.6) is 0 Å². The summed E-state index contributed by atoms with van der Waals surface area (Å²) in [6.07, 6.45) is 3.06. The summed E-state index contributed by atoms with van der Waals surface area (Å²) in [6.45, 7) is 8.71. The molecule has 3 aliphatic rings. The summed E-state index contributed by atoms with van der Waals surface area (Å²) >= 11 is 6.90. The SMILES string of the molecule is Brc1cnc2c(c1)CN(c1ccccc1)CCN2.C.C.Cc1c(CN(C)C(=O)/C=C/c2cnc3c(c2)CN(c2ccccc2)CCN3)oc2ccccc12.O=C1CN(c2ccccc2)Cc2cc(Br)cnc2N1.O=CC(F)(F)F. The van der Waals surface area contributed by atoms with Crippen molar-refractivity contribution >= 4 is 102 Å². The second-order valence-electron chi connectivity index (χ2n) is 18.0. The number of rotatable bonds is 7. The number of nitrogens with zero attached hydrogens (tertiary/aromatic N) is 7. The molecule has 7 heterocycles. The molecule has 4 aromatic heterocycles. The Kier molecular flexibility index (Phi) is 21.8. The Balaban J connectivity index is 0.000000191. The van der Waals surface area contributed by atoms with Crippen molar-refractivity contribution in [3.63, 3.8) is 0 Å². The molecule has 19 heteroatoms. The number of aryl methyl sites for hydroxylation is 1. The Bertz CT molecular complexity index is 3310. The first-order chi connectivity index (χ1) is 37.2. The third kappa shape index (κ3) is 17.0. The van der Waals surface area contributed by atoms with Gasteiger partial charge in [-0.2, -0.15) is 13.2 Å². The van der Waals surface area contributed by atoms with E-state index in [9.17, 15) is 22.8 Å². The maximum absolute atomic E-state index is 12.8. The van der Waals surface area contributed by atoms with E-state index < -0.39 is 12.5 Å². The third-order valence-electron chi connectivity index (χ3n) is 12.5. The van der Waals surface area contributed by atoms with Crippen LogP contribution in [0.4, 0.5) is 47.7 Å². The van der Waals surface area contributed by atoms with Gasteiger partial charge in [-0.3, -0.25) is 14.4 Å². The summed E-state index contributed by atoms with van der Waals surface area (Å²) in [7, 11) is 1.79. The van der Waals surface area contributed by atoms with Crippen LogP contribution >= 0.6 is 31.9 Å². The summed E-state index contributed by atoms with van der Waals surface area (Å²) in [6, 6.07) is 45.0. The number of aromatic nitrogens is 3. The van der Waals surface area contributed by atoms with Crippen molar-refractivity contribution in [2.24, 2.45) is 0 Å². The van der Waals surface area contributed by atoms with Crippen LogP contribution in [0.1, 0.15) is 48.4 Å². The summed E-state index contributed by atoms with van der Waals surface area (Å²) < 4.78 is 39.2. The first-order valence-electron chi connectivity index (χ1n) is 24.6. The summed E-state index contributed by atoms with van der Waals surface area (Å²) in [5.41, 5.74) is 9.65. The molecule has 0 saturated carbocycles. The maximum atomic E-state index is 12.8. The van der Waals surface area contributed by atoms with Crippen LogP contribution in [0.2, 0.25) is 0 Å². The van der Waals surface area contributed by atoms with Crippen LogP contribution in [0.25, 0.3) is 17.0 Å². The highest BCUT2D eigenvalue weighted by atomic mass is 79.9. The molecule has 8 aromatic rings. The second kappa shape index (κ2) is 28.6. The third-order valence-corrected chi connectivity index (χ3v) is 13.4. The molecule has 0 aliphatic carbocycles. The topological polar surface area (TPSA) is 152 Å². The molecule has 14 nitrogen and oxygen atoms in total. The number of nitrogens with one attached hydrogen (secondary N) is 3. The number of benzene rings is 4. The van der Waals surface area contributed by atoms with Crippen molar-refractivity contribution in [2.45, 2.75) is 54.1 Å². The molecule has 0 bridgehead atoms. The van der Waals surface area contributed by atoms with Crippen LogP contribution in [0, 0.1) is 6.92 Å². The molecule has 3 N–H and O–H groups in total. The number of halogens is 5. The molecule has 3 aliphatic heterocycles. The van der Waals surface area contributed by atoms with Gasteiger partial charge in [0.1, 0.15) is 28.8 Å². The van der Waals surface area contributed by atoms with Gasteiger partial charge >= 0.3 is 6.18 Å². The molecule has 0 fully saturated rings. The fraction of sp³-hybridized carbons (Fsp3) is 0.233. The van der Waals surface area contributed by atoms with Crippen LogP contribution in [0.3, 0.4) is 0 Å². The van der Waals surface area contributed by atoms with Gasteiger partial charge in [-0.25, -0.2) is 15.0 Å². The Morgan fingerprint density at radius 3 is 1.66 bits per heavy atom. The molecule has 0 spiro atoms. The predicted molar refractivity (Wildman–Crippen MR) is 318 cm³/mol. The van der Waals surface area contributed by atoms with Gasteiger partial charge in [-0.1, -0.05) is 87.6 Å². The fourth-order valence-corrected chi connectivity index (χ4v) is 9.43. The monoisotopic (exact) mass is 1200 g/mol. The number of hydrogen-bond acceptors (Lipinski definition) is 12. The minimum atomic E-state index is -4.64. The standard InChI is InChI=1S/C28H28N4O2.C14H12BrN3O.C14H14BrN3.C2HF3O.2CH4/c1-20-24-10-6-7-11-25(24)34-26(20)19-31(2)27(33)13-12-21-16-22-18-32(23-8-4-3-5-9-23)15-14-29-28(22)30-17-21;15-11-6-10-8-18(12-4-2-1-3-5-12)9-13(19)17-14(10)16-7-11;15-12-8-11-10-18(13-4-2-1-3-5-13)7-6-16-14(11)17-9-12;3-2(4,5)1-6;;/h3-13,16-17H,14-15,18-19H2,1-2H3,(H,29,30);1-7H,8-9H2,(H,16,17,19);1-5,8-9H,6-7,10H2,(H,16,17);1H;2*1H4/b13-12+;;;;;. The van der Waals surface area contributed by atoms with E-state index >= 15 is 0 Å². The van der Waals surface area contributed by atoms with E-state index in [-0.39, 0.29) is 26.7 Å². The number of carbonyl (C=O) groups is 3. The molecule has 0 unspecified atom stereocenters. The lowest BCUT2D eigenvalue weighted by molar-refractivity contribution is -0.156. The number of amides is 2. The molecule has 412 valence electrons. The Labute approximate surface area is 476 Å². The fourth-order valence-electron chi connectivity index (χ4n) is 8.67. The zero-order valence-corrected chi connectivity index (χ0v) is 45.4. The zero-order valence-electron chi connectivity index (χ0n) is 42.2. The normalized spacial score (nSPS) is 13.5. The van der Waals surface area contributed by atoms with E-state index in [4.69, 9.17) is 9.21 Å². The van der Waals surface area contributed by atoms with Gasteiger partial charge in [-0.15, -0.1) is 0 Å². The van der Waals surface area contributed by atoms with Gasteiger partial charge in [-0.05, 0) is 111 Å². The van der Waals surface area contributed by atoms with Crippen LogP contribution in [-0.4, -0.2) is 83.9 Å². The molecular formula is C60H63Br2F3N10O4. The highest BCUT2D eigenvalue weighted by molar-refractivity contribution is 9.10. The Morgan fingerprint density at radius 1 is 0.671 bits per heavy atom. The second-order valence-corrected chi connectivity index (χ2v) is 19.9. The van der Waals surface area contributed by atoms with Crippen LogP contribution in [0.15, 0.2) is 171 Å². The van der Waals surface area contributed by atoms with Gasteiger partial charge in [0.2, 0.25) is 18.1 Å². The van der Waals surface area contributed by atoms with Gasteiger partial charge in [0.05, 0.1) is 13.1 Å². The first-order valence-corrected chi connectivity index (χ1v) is 26.2. The lowest BCUT2D eigenvalue weighted by atomic mass is 10.1. The van der Waals surface area contributed by atoms with E-state index in [1.165, 1.54) is 16.9 Å². The van der Waals surface area contributed by atoms with Gasteiger partial charge in [0.25, 0.3) is 0 Å². The van der Waals surface area contributed by atoms with Crippen molar-refractivity contribution in [3.05, 3.63) is 201 Å². The number of fused-ring (bicyclic) bond motifs is 4. The smallest absolute Gasteiger partial charge is 0.446 e. The summed E-state index contributed by atoms with van der Waals surface area (Å²) in [5, 5.41) is 10.7. The molecule has 0 saturated heterocycles. The number of hydrogen-bond donors (Lipinski definition) is 3. The largest absolute Gasteiger partial charge is 0.459 e. The quantitative estimate of drug-likeness (QED) is 0.103. The van der Waals surface area contributed by atoms with Crippen molar-refractivity contribution in [1.82, 2.24) is 19.9 Å². The molecule has 2 amide bonds. The van der Waals surface area contributed by atoms with Crippen molar-refractivity contribution < 1.29 is 32.0 Å². The van der Waals surface area contributed by atoms with Crippen LogP contribution < -0.4 is 30.7 Å². The number of carbonyl (C=O) groups excluding carboxylic acids is 3. The summed E-state index contributed by atoms with van der Waals surface area (Å²) in [5.74, 6) is 3.23. The van der Waals surface area contributed by atoms with Gasteiger partial charge in [0, 0.05) is 131 Å². The van der Waals surface area contributed by atoms with E-state index in [1.54, 1.807) is 30.4 Å². The van der Waals surface area contributed by atoms with Gasteiger partial charge < -0.3 is 40.0 Å². The van der Waals surface area contributed by atoms with Gasteiger partial charge in [0.15, 0.2) is 0 Å². The van der Waals surface area contributed by atoms with Crippen molar-refractivity contribution in [1.29, 1.82) is 0 Å². The predicted octanol–water partition coefficient (Wildman–Crippen LogP) is 13.3. The molecule has 0 atom stereocenters. The maximum Gasteiger partial charge on any atom is 0.446 e. The Hall–Kier alpha value is -8.03. The van der Waals surface area contributed by atoms with E-state index in [0.29, 0.717) is 25.5 Å². The number of para-hydroxylation sites is 4. The molecular weight excluding hydrogens is 1140 g/mol. The zero-order chi connectivity index (χ0) is 54.3. The molecule has 79 heavy (non-hydrogen) atoms. The highest BCUT2D eigenvalue weighted by Gasteiger charge is 2.25. The number of alkyl halides is 3. The van der Waals surface area contributed by atoms with E-state index in [2.05, 4.69) is 133 Å². The highest BCUT2D eigenvalue weighted by Crippen LogP contribution is 2.29. The number of pyridine rings is 3. The van der Waals surface area contributed by atoms with Crippen LogP contribution in [-0.2, 0) is 40.6 Å². The minimum Gasteiger partial charge on any atom is -0.459 e. The first kappa shape index (κ1) is 60.2. The van der Waals surface area contributed by atoms with Crippen molar-refractivity contribution in [3.8, 4) is 0 Å². The molecule has 11 rings (SSSR count). The number of aldehydes is 1. The average Bonchev–Trinajstić information content (AvgIpc) is 3.70. The lowest BCUT2D eigenvalue weighted by Gasteiger charge is -2.22. The number of anilines is 6. The lowest BCUT2D eigenvalue weighted by Crippen LogP contribution is -2.29. The van der Waals surface area contributed by atoms with Crippen molar-refractivity contribution in [2.75, 3.05) is 70.4 Å².